The minimum absolute atomic E-state index is 0.147. The first-order valence-electron chi connectivity index (χ1n) is 6.96. The quantitative estimate of drug-likeness (QED) is 0.783. The third-order valence-electron chi connectivity index (χ3n) is 3.46. The van der Waals surface area contributed by atoms with Crippen molar-refractivity contribution in [3.63, 3.8) is 0 Å². The molecule has 0 atom stereocenters. The van der Waals surface area contributed by atoms with Crippen molar-refractivity contribution in [3.05, 3.63) is 18.2 Å². The fourth-order valence-corrected chi connectivity index (χ4v) is 4.06. The lowest BCUT2D eigenvalue weighted by molar-refractivity contribution is 0.381. The van der Waals surface area contributed by atoms with Gasteiger partial charge in [0.2, 0.25) is 10.0 Å². The van der Waals surface area contributed by atoms with Gasteiger partial charge in [-0.2, -0.15) is 4.31 Å². The maximum Gasteiger partial charge on any atom is 0.247 e. The molecule has 0 aromatic heterocycles. The minimum Gasteiger partial charge on any atom is -0.495 e. The van der Waals surface area contributed by atoms with Crippen LogP contribution in [0.4, 0.5) is 5.69 Å². The Morgan fingerprint density at radius 3 is 2.65 bits per heavy atom. The normalized spacial score (nSPS) is 15.6. The first-order valence-corrected chi connectivity index (χ1v) is 8.40. The molecule has 1 aromatic carbocycles. The maximum absolute atomic E-state index is 12.8. The summed E-state index contributed by atoms with van der Waals surface area (Å²) >= 11 is 0. The van der Waals surface area contributed by atoms with Gasteiger partial charge in [-0.1, -0.05) is 13.3 Å². The van der Waals surface area contributed by atoms with Crippen LogP contribution in [0.5, 0.6) is 5.75 Å². The summed E-state index contributed by atoms with van der Waals surface area (Å²) in [5, 5.41) is 0. The molecule has 0 aliphatic heterocycles. The molecule has 1 aliphatic carbocycles. The lowest BCUT2D eigenvalue weighted by Crippen LogP contribution is -2.34. The highest BCUT2D eigenvalue weighted by Crippen LogP contribution is 2.35. The molecule has 0 radical (unpaired) electrons. The van der Waals surface area contributed by atoms with Gasteiger partial charge >= 0.3 is 0 Å². The lowest BCUT2D eigenvalue weighted by Gasteiger charge is -2.23. The average molecular weight is 298 g/mol. The summed E-state index contributed by atoms with van der Waals surface area (Å²) in [5.41, 5.74) is 6.18. The molecule has 112 valence electrons. The summed E-state index contributed by atoms with van der Waals surface area (Å²) in [6.45, 7) is 2.62. The van der Waals surface area contributed by atoms with Crippen molar-refractivity contribution in [2.75, 3.05) is 19.4 Å². The van der Waals surface area contributed by atoms with E-state index in [4.69, 9.17) is 10.5 Å². The van der Waals surface area contributed by atoms with Gasteiger partial charge in [-0.3, -0.25) is 0 Å². The van der Waals surface area contributed by atoms with Crippen molar-refractivity contribution in [2.24, 2.45) is 0 Å². The van der Waals surface area contributed by atoms with Crippen molar-refractivity contribution < 1.29 is 13.2 Å². The van der Waals surface area contributed by atoms with Crippen LogP contribution in [-0.2, 0) is 10.0 Å². The zero-order valence-corrected chi connectivity index (χ0v) is 12.8. The summed E-state index contributed by atoms with van der Waals surface area (Å²) in [6.07, 6.45) is 3.73. The number of hydrogen-bond donors (Lipinski definition) is 1. The van der Waals surface area contributed by atoms with Crippen molar-refractivity contribution in [1.29, 1.82) is 0 Å². The highest BCUT2D eigenvalue weighted by atomic mass is 32.2. The van der Waals surface area contributed by atoms with E-state index in [0.29, 0.717) is 18.0 Å². The molecule has 6 heteroatoms. The number of benzene rings is 1. The van der Waals surface area contributed by atoms with E-state index in [-0.39, 0.29) is 10.9 Å². The van der Waals surface area contributed by atoms with Crippen LogP contribution in [0.3, 0.4) is 0 Å². The SMILES string of the molecule is CCCCN(C1CC1)S(=O)(=O)c1ccc(N)cc1OC. The van der Waals surface area contributed by atoms with E-state index >= 15 is 0 Å². The van der Waals surface area contributed by atoms with Gasteiger partial charge in [0, 0.05) is 24.3 Å². The first-order chi connectivity index (χ1) is 9.50. The van der Waals surface area contributed by atoms with Crippen LogP contribution >= 0.6 is 0 Å². The first kappa shape index (κ1) is 15.1. The van der Waals surface area contributed by atoms with E-state index in [2.05, 4.69) is 6.92 Å². The molecule has 20 heavy (non-hydrogen) atoms. The number of ether oxygens (including phenoxy) is 1. The van der Waals surface area contributed by atoms with Gasteiger partial charge < -0.3 is 10.5 Å². The van der Waals surface area contributed by atoms with Crippen LogP contribution in [-0.4, -0.2) is 32.4 Å². The Balaban J connectivity index is 2.37. The molecule has 0 bridgehead atoms. The monoisotopic (exact) mass is 298 g/mol. The summed E-state index contributed by atoms with van der Waals surface area (Å²) in [4.78, 5) is 0.206. The molecule has 0 unspecified atom stereocenters. The van der Waals surface area contributed by atoms with Gasteiger partial charge in [0.05, 0.1) is 7.11 Å². The van der Waals surface area contributed by atoms with Gasteiger partial charge in [0.15, 0.2) is 0 Å². The summed E-state index contributed by atoms with van der Waals surface area (Å²) in [5.74, 6) is 0.312. The fourth-order valence-electron chi connectivity index (χ4n) is 2.20. The Morgan fingerprint density at radius 1 is 1.40 bits per heavy atom. The Bertz CT molecular complexity index is 568. The summed E-state index contributed by atoms with van der Waals surface area (Å²) in [7, 11) is -2.06. The summed E-state index contributed by atoms with van der Waals surface area (Å²) in [6, 6.07) is 4.83. The van der Waals surface area contributed by atoms with Gasteiger partial charge in [-0.15, -0.1) is 0 Å². The molecule has 1 saturated carbocycles. The number of nitrogens with zero attached hydrogens (tertiary/aromatic N) is 1. The molecule has 1 aliphatic rings. The van der Waals surface area contributed by atoms with E-state index in [1.807, 2.05) is 0 Å². The number of hydrogen-bond acceptors (Lipinski definition) is 4. The van der Waals surface area contributed by atoms with Crippen LogP contribution in [0.15, 0.2) is 23.1 Å². The Hall–Kier alpha value is -1.27. The minimum atomic E-state index is -3.52. The number of sulfonamides is 1. The van der Waals surface area contributed by atoms with Crippen LogP contribution in [0.25, 0.3) is 0 Å². The zero-order chi connectivity index (χ0) is 14.8. The zero-order valence-electron chi connectivity index (χ0n) is 12.0. The second kappa shape index (κ2) is 6.01. The van der Waals surface area contributed by atoms with E-state index < -0.39 is 10.0 Å². The molecule has 5 nitrogen and oxygen atoms in total. The molecule has 1 fully saturated rings. The Labute approximate surface area is 120 Å². The van der Waals surface area contributed by atoms with Crippen LogP contribution < -0.4 is 10.5 Å². The molecule has 0 spiro atoms. The van der Waals surface area contributed by atoms with E-state index in [9.17, 15) is 8.42 Å². The van der Waals surface area contributed by atoms with Gasteiger partial charge in [0.25, 0.3) is 0 Å². The highest BCUT2D eigenvalue weighted by molar-refractivity contribution is 7.89. The number of nitrogen functional groups attached to an aromatic ring is 1. The molecule has 0 amide bonds. The topological polar surface area (TPSA) is 72.6 Å². The number of methoxy groups -OCH3 is 1. The summed E-state index contributed by atoms with van der Waals surface area (Å²) < 4.78 is 32.4. The number of anilines is 1. The van der Waals surface area contributed by atoms with E-state index in [1.165, 1.54) is 13.2 Å². The van der Waals surface area contributed by atoms with Crippen molar-refractivity contribution in [2.45, 2.75) is 43.5 Å². The number of rotatable bonds is 7. The van der Waals surface area contributed by atoms with Crippen LogP contribution in [0, 0.1) is 0 Å². The lowest BCUT2D eigenvalue weighted by atomic mass is 10.3. The number of nitrogens with two attached hydrogens (primary N) is 1. The smallest absolute Gasteiger partial charge is 0.247 e. The van der Waals surface area contributed by atoms with Crippen LogP contribution in [0.1, 0.15) is 32.6 Å². The third-order valence-corrected chi connectivity index (χ3v) is 5.45. The molecule has 2 rings (SSSR count). The van der Waals surface area contributed by atoms with Crippen molar-refractivity contribution in [3.8, 4) is 5.75 Å². The number of unbranched alkanes of at least 4 members (excludes halogenated alkanes) is 1. The van der Waals surface area contributed by atoms with Gasteiger partial charge in [-0.05, 0) is 31.4 Å². The van der Waals surface area contributed by atoms with Crippen LogP contribution in [0.2, 0.25) is 0 Å². The largest absolute Gasteiger partial charge is 0.495 e. The second-order valence-corrected chi connectivity index (χ2v) is 6.97. The van der Waals surface area contributed by atoms with E-state index in [0.717, 1.165) is 25.7 Å². The molecule has 0 saturated heterocycles. The fraction of sp³-hybridized carbons (Fsp3) is 0.571. The molecular formula is C14H22N2O3S. The van der Waals surface area contributed by atoms with Crippen molar-refractivity contribution >= 4 is 15.7 Å². The molecule has 0 heterocycles. The maximum atomic E-state index is 12.8. The van der Waals surface area contributed by atoms with Gasteiger partial charge in [0.1, 0.15) is 10.6 Å². The van der Waals surface area contributed by atoms with Gasteiger partial charge in [-0.25, -0.2) is 8.42 Å². The predicted octanol–water partition coefficient (Wildman–Crippen LogP) is 2.23. The predicted molar refractivity (Wildman–Crippen MR) is 79.2 cm³/mol. The van der Waals surface area contributed by atoms with E-state index in [1.54, 1.807) is 16.4 Å². The molecule has 2 N–H and O–H groups in total. The molecule has 1 aromatic rings. The molecular weight excluding hydrogens is 276 g/mol. The standard InChI is InChI=1S/C14H22N2O3S/c1-3-4-9-16(12-6-7-12)20(17,18)14-8-5-11(15)10-13(14)19-2/h5,8,10,12H,3-4,6-7,9,15H2,1-2H3. The second-order valence-electron chi connectivity index (χ2n) is 5.11. The highest BCUT2D eigenvalue weighted by Gasteiger charge is 2.38. The average Bonchev–Trinajstić information content (AvgIpc) is 3.23. The van der Waals surface area contributed by atoms with Crippen molar-refractivity contribution in [1.82, 2.24) is 4.31 Å². The Morgan fingerprint density at radius 2 is 2.10 bits per heavy atom. The Kier molecular flexibility index (Phi) is 4.55. The third kappa shape index (κ3) is 3.07.